The number of aliphatic carboxylic acids is 1. The lowest BCUT2D eigenvalue weighted by molar-refractivity contribution is -0.138. The molecule has 0 unspecified atom stereocenters. The van der Waals surface area contributed by atoms with Crippen molar-refractivity contribution >= 4 is 5.97 Å². The van der Waals surface area contributed by atoms with E-state index in [9.17, 15) is 4.79 Å². The molecule has 0 aliphatic carbocycles. The number of carbonyl (C=O) groups is 1. The molecule has 10 heavy (non-hydrogen) atoms. The van der Waals surface area contributed by atoms with Crippen LogP contribution in [0.3, 0.4) is 0 Å². The number of hydrogen-bond donors (Lipinski definition) is 1. The summed E-state index contributed by atoms with van der Waals surface area (Å²) in [4.78, 5) is 12.1. The summed E-state index contributed by atoms with van der Waals surface area (Å²) in [5.74, 6) is -0.740. The highest BCUT2D eigenvalue weighted by molar-refractivity contribution is 5.69. The molecule has 56 valence electrons. The number of rotatable bonds is 2. The van der Waals surface area contributed by atoms with E-state index in [1.54, 1.807) is 0 Å². The monoisotopic (exact) mass is 141 g/mol. The standard InChI is InChI=1S/C7H11NO2/c9-7(10)6-8-4-2-1-3-5-8/h1-2H,3-6H2,(H,9,10). The molecule has 0 saturated carbocycles. The fourth-order valence-electron chi connectivity index (χ4n) is 1.02. The van der Waals surface area contributed by atoms with E-state index in [4.69, 9.17) is 5.11 Å². The molecule has 0 bridgehead atoms. The molecular formula is C7H11NO2. The Bertz CT molecular complexity index is 154. The summed E-state index contributed by atoms with van der Waals surface area (Å²) in [6.45, 7) is 1.83. The van der Waals surface area contributed by atoms with Gasteiger partial charge in [-0.15, -0.1) is 0 Å². The van der Waals surface area contributed by atoms with E-state index in [1.807, 2.05) is 11.0 Å². The van der Waals surface area contributed by atoms with E-state index < -0.39 is 5.97 Å². The predicted octanol–water partition coefficient (Wildman–Crippen LogP) is 0.333. The van der Waals surface area contributed by atoms with E-state index in [2.05, 4.69) is 6.08 Å². The molecule has 0 atom stereocenters. The van der Waals surface area contributed by atoms with Crippen LogP contribution in [0.1, 0.15) is 6.42 Å². The number of hydrogen-bond acceptors (Lipinski definition) is 2. The largest absolute Gasteiger partial charge is 0.480 e. The molecule has 1 N–H and O–H groups in total. The minimum atomic E-state index is -0.740. The second kappa shape index (κ2) is 3.37. The molecule has 0 aromatic carbocycles. The third-order valence-electron chi connectivity index (χ3n) is 1.50. The lowest BCUT2D eigenvalue weighted by Crippen LogP contribution is -2.32. The fourth-order valence-corrected chi connectivity index (χ4v) is 1.02. The van der Waals surface area contributed by atoms with Gasteiger partial charge >= 0.3 is 5.97 Å². The highest BCUT2D eigenvalue weighted by Crippen LogP contribution is 1.99. The Morgan fingerprint density at radius 3 is 2.90 bits per heavy atom. The third kappa shape index (κ3) is 2.19. The van der Waals surface area contributed by atoms with Crippen molar-refractivity contribution in [2.45, 2.75) is 6.42 Å². The Morgan fingerprint density at radius 2 is 2.40 bits per heavy atom. The maximum atomic E-state index is 10.2. The molecule has 0 saturated heterocycles. The molecule has 3 heteroatoms. The quantitative estimate of drug-likeness (QED) is 0.563. The Balaban J connectivity index is 2.28. The molecule has 0 aromatic heterocycles. The van der Waals surface area contributed by atoms with Crippen molar-refractivity contribution in [1.29, 1.82) is 0 Å². The summed E-state index contributed by atoms with van der Waals surface area (Å²) in [6, 6.07) is 0. The predicted molar refractivity (Wildman–Crippen MR) is 37.8 cm³/mol. The fraction of sp³-hybridized carbons (Fsp3) is 0.571. The van der Waals surface area contributed by atoms with Gasteiger partial charge in [0.25, 0.3) is 0 Å². The lowest BCUT2D eigenvalue weighted by atomic mass is 10.2. The van der Waals surface area contributed by atoms with Crippen molar-refractivity contribution in [3.8, 4) is 0 Å². The Labute approximate surface area is 59.9 Å². The minimum absolute atomic E-state index is 0.171. The van der Waals surface area contributed by atoms with E-state index in [0.29, 0.717) is 0 Å². The maximum absolute atomic E-state index is 10.2. The van der Waals surface area contributed by atoms with Crippen molar-refractivity contribution in [3.05, 3.63) is 12.2 Å². The Morgan fingerprint density at radius 1 is 1.60 bits per heavy atom. The third-order valence-corrected chi connectivity index (χ3v) is 1.50. The molecule has 0 amide bonds. The molecule has 0 spiro atoms. The summed E-state index contributed by atoms with van der Waals surface area (Å²) in [7, 11) is 0. The van der Waals surface area contributed by atoms with Crippen LogP contribution >= 0.6 is 0 Å². The molecule has 0 fully saturated rings. The molecular weight excluding hydrogens is 130 g/mol. The van der Waals surface area contributed by atoms with Crippen LogP contribution in [0.5, 0.6) is 0 Å². The molecule has 1 rings (SSSR count). The molecule has 0 radical (unpaired) electrons. The van der Waals surface area contributed by atoms with Crippen molar-refractivity contribution in [1.82, 2.24) is 4.90 Å². The summed E-state index contributed by atoms with van der Waals surface area (Å²) < 4.78 is 0. The lowest BCUT2D eigenvalue weighted by Gasteiger charge is -2.20. The first-order valence-corrected chi connectivity index (χ1v) is 3.38. The summed E-state index contributed by atoms with van der Waals surface area (Å²) in [5.41, 5.74) is 0. The topological polar surface area (TPSA) is 40.5 Å². The van der Waals surface area contributed by atoms with Crippen LogP contribution in [0.4, 0.5) is 0 Å². The van der Waals surface area contributed by atoms with Crippen LogP contribution in [0.2, 0.25) is 0 Å². The molecule has 1 aliphatic heterocycles. The van der Waals surface area contributed by atoms with Gasteiger partial charge < -0.3 is 5.11 Å². The van der Waals surface area contributed by atoms with Crippen molar-refractivity contribution in [2.75, 3.05) is 19.6 Å². The van der Waals surface area contributed by atoms with Crippen LogP contribution < -0.4 is 0 Å². The average molecular weight is 141 g/mol. The van der Waals surface area contributed by atoms with E-state index >= 15 is 0 Å². The van der Waals surface area contributed by atoms with E-state index in [-0.39, 0.29) is 6.54 Å². The van der Waals surface area contributed by atoms with Gasteiger partial charge in [-0.3, -0.25) is 9.69 Å². The van der Waals surface area contributed by atoms with Gasteiger partial charge in [-0.2, -0.15) is 0 Å². The Hall–Kier alpha value is -0.830. The minimum Gasteiger partial charge on any atom is -0.480 e. The van der Waals surface area contributed by atoms with Crippen LogP contribution in [0.25, 0.3) is 0 Å². The van der Waals surface area contributed by atoms with Gasteiger partial charge in [0.05, 0.1) is 6.54 Å². The van der Waals surface area contributed by atoms with Crippen LogP contribution in [0.15, 0.2) is 12.2 Å². The van der Waals surface area contributed by atoms with Gasteiger partial charge in [-0.05, 0) is 6.42 Å². The second-order valence-electron chi connectivity index (χ2n) is 2.39. The summed E-state index contributed by atoms with van der Waals surface area (Å²) >= 11 is 0. The van der Waals surface area contributed by atoms with Crippen molar-refractivity contribution in [3.63, 3.8) is 0 Å². The number of carboxylic acids is 1. The van der Waals surface area contributed by atoms with Gasteiger partial charge in [-0.1, -0.05) is 12.2 Å². The highest BCUT2D eigenvalue weighted by Gasteiger charge is 2.08. The SMILES string of the molecule is O=C(O)CN1CC=CCC1. The van der Waals surface area contributed by atoms with Gasteiger partial charge in [-0.25, -0.2) is 0 Å². The summed E-state index contributed by atoms with van der Waals surface area (Å²) in [6.07, 6.45) is 5.07. The summed E-state index contributed by atoms with van der Waals surface area (Å²) in [5, 5.41) is 8.40. The molecule has 3 nitrogen and oxygen atoms in total. The zero-order valence-electron chi connectivity index (χ0n) is 5.79. The molecule has 1 heterocycles. The first-order chi connectivity index (χ1) is 4.79. The van der Waals surface area contributed by atoms with E-state index in [0.717, 1.165) is 19.5 Å². The van der Waals surface area contributed by atoms with Crippen LogP contribution in [0, 0.1) is 0 Å². The van der Waals surface area contributed by atoms with Gasteiger partial charge in [0.2, 0.25) is 0 Å². The normalized spacial score (nSPS) is 19.2. The zero-order chi connectivity index (χ0) is 7.40. The zero-order valence-corrected chi connectivity index (χ0v) is 5.79. The van der Waals surface area contributed by atoms with Crippen molar-refractivity contribution < 1.29 is 9.90 Å². The van der Waals surface area contributed by atoms with E-state index in [1.165, 1.54) is 0 Å². The van der Waals surface area contributed by atoms with Crippen LogP contribution in [-0.2, 0) is 4.79 Å². The average Bonchev–Trinajstić information content (AvgIpc) is 1.88. The highest BCUT2D eigenvalue weighted by atomic mass is 16.4. The van der Waals surface area contributed by atoms with Crippen molar-refractivity contribution in [2.24, 2.45) is 0 Å². The molecule has 1 aliphatic rings. The maximum Gasteiger partial charge on any atom is 0.317 e. The first-order valence-electron chi connectivity index (χ1n) is 3.38. The number of carboxylic acid groups (broad SMARTS) is 1. The molecule has 0 aromatic rings. The first kappa shape index (κ1) is 7.28. The second-order valence-corrected chi connectivity index (χ2v) is 2.39. The van der Waals surface area contributed by atoms with Gasteiger partial charge in [0.15, 0.2) is 0 Å². The van der Waals surface area contributed by atoms with Gasteiger partial charge in [0, 0.05) is 13.1 Å². The smallest absolute Gasteiger partial charge is 0.317 e. The van der Waals surface area contributed by atoms with Crippen LogP contribution in [-0.4, -0.2) is 35.6 Å². The Kier molecular flexibility index (Phi) is 2.45. The van der Waals surface area contributed by atoms with Gasteiger partial charge in [0.1, 0.15) is 0 Å². The number of nitrogens with zero attached hydrogens (tertiary/aromatic N) is 1.